The highest BCUT2D eigenvalue weighted by Gasteiger charge is 2.34. The molecule has 0 unspecified atom stereocenters. The van der Waals surface area contributed by atoms with E-state index in [0.717, 1.165) is 10.6 Å². The van der Waals surface area contributed by atoms with Crippen LogP contribution in [0.4, 0.5) is 13.2 Å². The molecule has 2 rings (SSSR count). The van der Waals surface area contributed by atoms with Crippen molar-refractivity contribution in [2.75, 3.05) is 6.61 Å². The van der Waals surface area contributed by atoms with Gasteiger partial charge in [-0.3, -0.25) is 4.79 Å². The lowest BCUT2D eigenvalue weighted by Crippen LogP contribution is -2.29. The van der Waals surface area contributed by atoms with Crippen LogP contribution in [-0.2, 0) is 12.7 Å². The molecule has 0 amide bonds. The van der Waals surface area contributed by atoms with Crippen LogP contribution in [0.25, 0.3) is 0 Å². The van der Waals surface area contributed by atoms with Gasteiger partial charge in [-0.25, -0.2) is 0 Å². The highest BCUT2D eigenvalue weighted by molar-refractivity contribution is 6.30. The van der Waals surface area contributed by atoms with Gasteiger partial charge in [0.25, 0.3) is 5.56 Å². The molecule has 1 heterocycles. The topological polar surface area (TPSA) is 31.2 Å². The zero-order chi connectivity index (χ0) is 15.5. The molecule has 0 spiro atoms. The van der Waals surface area contributed by atoms with Gasteiger partial charge in [-0.05, 0) is 30.3 Å². The Labute approximate surface area is 123 Å². The van der Waals surface area contributed by atoms with Crippen molar-refractivity contribution in [2.24, 2.45) is 0 Å². The van der Waals surface area contributed by atoms with Gasteiger partial charge in [0.1, 0.15) is 17.9 Å². The Morgan fingerprint density at radius 3 is 2.62 bits per heavy atom. The molecule has 21 heavy (non-hydrogen) atoms. The molecule has 0 aliphatic rings. The van der Waals surface area contributed by atoms with E-state index >= 15 is 0 Å². The minimum Gasteiger partial charge on any atom is -0.492 e. The fourth-order valence-electron chi connectivity index (χ4n) is 1.75. The normalized spacial score (nSPS) is 11.4. The number of aromatic nitrogens is 1. The number of rotatable bonds is 4. The standard InChI is InChI=1S/C14H11ClF3NO2/c15-10-3-1-4-11(9-10)21-8-7-19-6-2-5-12(13(19)20)14(16,17)18/h1-6,9H,7-8H2. The first kappa shape index (κ1) is 15.4. The summed E-state index contributed by atoms with van der Waals surface area (Å²) in [7, 11) is 0. The lowest BCUT2D eigenvalue weighted by Gasteiger charge is -2.11. The van der Waals surface area contributed by atoms with Crippen LogP contribution in [0.2, 0.25) is 5.02 Å². The van der Waals surface area contributed by atoms with Crippen LogP contribution >= 0.6 is 11.6 Å². The fourth-order valence-corrected chi connectivity index (χ4v) is 1.93. The van der Waals surface area contributed by atoms with Crippen LogP contribution < -0.4 is 10.3 Å². The van der Waals surface area contributed by atoms with Gasteiger partial charge in [-0.2, -0.15) is 13.2 Å². The molecule has 0 radical (unpaired) electrons. The SMILES string of the molecule is O=c1c(C(F)(F)F)cccn1CCOc1cccc(Cl)c1. The summed E-state index contributed by atoms with van der Waals surface area (Å²) < 4.78 is 44.1. The second-order valence-electron chi connectivity index (χ2n) is 4.22. The Hall–Kier alpha value is -1.95. The fraction of sp³-hybridized carbons (Fsp3) is 0.214. The summed E-state index contributed by atoms with van der Waals surface area (Å²) in [6.07, 6.45) is -3.37. The first-order chi connectivity index (χ1) is 9.88. The van der Waals surface area contributed by atoms with Crippen LogP contribution in [-0.4, -0.2) is 11.2 Å². The van der Waals surface area contributed by atoms with Crippen molar-refractivity contribution in [3.8, 4) is 5.75 Å². The summed E-state index contributed by atoms with van der Waals surface area (Å²) in [5, 5.41) is 0.490. The lowest BCUT2D eigenvalue weighted by atomic mass is 10.2. The predicted octanol–water partition coefficient (Wildman–Crippen LogP) is 3.60. The van der Waals surface area contributed by atoms with E-state index in [0.29, 0.717) is 10.8 Å². The summed E-state index contributed by atoms with van der Waals surface area (Å²) in [6.45, 7) is 0.0663. The van der Waals surface area contributed by atoms with Gasteiger partial charge in [0.05, 0.1) is 6.54 Å². The monoisotopic (exact) mass is 317 g/mol. The zero-order valence-electron chi connectivity index (χ0n) is 10.7. The first-order valence-corrected chi connectivity index (χ1v) is 6.41. The van der Waals surface area contributed by atoms with Crippen LogP contribution in [0.5, 0.6) is 5.75 Å². The van der Waals surface area contributed by atoms with E-state index in [2.05, 4.69) is 0 Å². The highest BCUT2D eigenvalue weighted by atomic mass is 35.5. The van der Waals surface area contributed by atoms with Crippen molar-refractivity contribution in [1.82, 2.24) is 4.57 Å². The summed E-state index contributed by atoms with van der Waals surface area (Å²) >= 11 is 5.78. The Morgan fingerprint density at radius 1 is 1.19 bits per heavy atom. The molecule has 0 atom stereocenters. The number of hydrogen-bond donors (Lipinski definition) is 0. The van der Waals surface area contributed by atoms with Gasteiger partial charge in [0.2, 0.25) is 0 Å². The van der Waals surface area contributed by atoms with Gasteiger partial charge >= 0.3 is 6.18 Å². The lowest BCUT2D eigenvalue weighted by molar-refractivity contribution is -0.139. The number of pyridine rings is 1. The van der Waals surface area contributed by atoms with E-state index in [1.54, 1.807) is 24.3 Å². The molecule has 0 aliphatic heterocycles. The summed E-state index contributed by atoms with van der Waals surface area (Å²) in [5.74, 6) is 0.488. The van der Waals surface area contributed by atoms with Crippen LogP contribution in [0, 0.1) is 0 Å². The average molecular weight is 318 g/mol. The summed E-state index contributed by atoms with van der Waals surface area (Å²) in [6, 6.07) is 8.55. The molecule has 7 heteroatoms. The number of nitrogens with zero attached hydrogens (tertiary/aromatic N) is 1. The smallest absolute Gasteiger partial charge is 0.421 e. The molecule has 2 aromatic rings. The molecule has 1 aromatic heterocycles. The number of benzene rings is 1. The van der Waals surface area contributed by atoms with Crippen molar-refractivity contribution in [2.45, 2.75) is 12.7 Å². The molecule has 112 valence electrons. The maximum Gasteiger partial charge on any atom is 0.421 e. The minimum absolute atomic E-state index is 0.00919. The summed E-state index contributed by atoms with van der Waals surface area (Å²) in [5.41, 5.74) is -2.27. The van der Waals surface area contributed by atoms with E-state index in [-0.39, 0.29) is 13.2 Å². The molecule has 0 saturated heterocycles. The third kappa shape index (κ3) is 4.01. The van der Waals surface area contributed by atoms with Gasteiger partial charge in [0.15, 0.2) is 0 Å². The van der Waals surface area contributed by atoms with Gasteiger partial charge in [0, 0.05) is 11.2 Å². The van der Waals surface area contributed by atoms with Crippen molar-refractivity contribution in [3.05, 3.63) is 63.5 Å². The molecule has 0 N–H and O–H groups in total. The first-order valence-electron chi connectivity index (χ1n) is 6.03. The third-order valence-corrected chi connectivity index (χ3v) is 2.96. The molecular formula is C14H11ClF3NO2. The number of hydrogen-bond acceptors (Lipinski definition) is 2. The van der Waals surface area contributed by atoms with Crippen LogP contribution in [0.3, 0.4) is 0 Å². The Bertz CT molecular complexity index is 682. The molecule has 0 fully saturated rings. The maximum absolute atomic E-state index is 12.6. The van der Waals surface area contributed by atoms with Crippen molar-refractivity contribution >= 4 is 11.6 Å². The largest absolute Gasteiger partial charge is 0.492 e. The molecule has 3 nitrogen and oxygen atoms in total. The van der Waals surface area contributed by atoms with Crippen molar-refractivity contribution in [1.29, 1.82) is 0 Å². The Balaban J connectivity index is 2.06. The van der Waals surface area contributed by atoms with Crippen LogP contribution in [0.1, 0.15) is 5.56 Å². The van der Waals surface area contributed by atoms with E-state index in [1.807, 2.05) is 0 Å². The van der Waals surface area contributed by atoms with Gasteiger partial charge in [-0.1, -0.05) is 17.7 Å². The van der Waals surface area contributed by atoms with Crippen molar-refractivity contribution in [3.63, 3.8) is 0 Å². The van der Waals surface area contributed by atoms with Gasteiger partial charge in [-0.15, -0.1) is 0 Å². The van der Waals surface area contributed by atoms with Crippen molar-refractivity contribution < 1.29 is 17.9 Å². The quantitative estimate of drug-likeness (QED) is 0.863. The molecular weight excluding hydrogens is 307 g/mol. The molecule has 0 aliphatic carbocycles. The molecule has 0 bridgehead atoms. The van der Waals surface area contributed by atoms with Crippen LogP contribution in [0.15, 0.2) is 47.4 Å². The van der Waals surface area contributed by atoms with E-state index < -0.39 is 17.3 Å². The predicted molar refractivity (Wildman–Crippen MR) is 72.7 cm³/mol. The summed E-state index contributed by atoms with van der Waals surface area (Å²) in [4.78, 5) is 11.7. The second kappa shape index (κ2) is 6.22. The average Bonchev–Trinajstić information content (AvgIpc) is 2.39. The van der Waals surface area contributed by atoms with Gasteiger partial charge < -0.3 is 9.30 Å². The molecule has 1 aromatic carbocycles. The zero-order valence-corrected chi connectivity index (χ0v) is 11.5. The Morgan fingerprint density at radius 2 is 1.95 bits per heavy atom. The number of halogens is 4. The molecule has 0 saturated carbocycles. The van der Waals surface area contributed by atoms with E-state index in [9.17, 15) is 18.0 Å². The highest BCUT2D eigenvalue weighted by Crippen LogP contribution is 2.26. The second-order valence-corrected chi connectivity index (χ2v) is 4.66. The van der Waals surface area contributed by atoms with E-state index in [4.69, 9.17) is 16.3 Å². The third-order valence-electron chi connectivity index (χ3n) is 2.72. The van der Waals surface area contributed by atoms with E-state index in [1.165, 1.54) is 12.3 Å². The minimum atomic E-state index is -4.66. The number of alkyl halides is 3. The maximum atomic E-state index is 12.6. The number of ether oxygens (including phenoxy) is 1. The Kier molecular flexibility index (Phi) is 4.57.